The molecule has 14 heavy (non-hydrogen) atoms. The Morgan fingerprint density at radius 3 is 2.57 bits per heavy atom. The van der Waals surface area contributed by atoms with E-state index in [-0.39, 0.29) is 11.7 Å². The largest absolute Gasteiger partial charge is 0.508 e. The standard InChI is InChI=1S/C10H14N2O2/c11-5-6-12-10(14)7-8-1-3-9(13)4-2-8/h1-4,13H,5-7,11H2,(H,12,14)/p+1. The van der Waals surface area contributed by atoms with Crippen molar-refractivity contribution in [3.63, 3.8) is 0 Å². The van der Waals surface area contributed by atoms with E-state index in [0.717, 1.165) is 5.56 Å². The molecule has 0 aromatic heterocycles. The van der Waals surface area contributed by atoms with Crippen molar-refractivity contribution in [1.29, 1.82) is 0 Å². The van der Waals surface area contributed by atoms with Gasteiger partial charge in [-0.3, -0.25) is 4.79 Å². The van der Waals surface area contributed by atoms with Crippen LogP contribution in [0.25, 0.3) is 0 Å². The zero-order valence-electron chi connectivity index (χ0n) is 7.99. The van der Waals surface area contributed by atoms with Gasteiger partial charge in [-0.2, -0.15) is 0 Å². The molecule has 0 bridgehead atoms. The third kappa shape index (κ3) is 3.45. The molecular weight excluding hydrogens is 180 g/mol. The van der Waals surface area contributed by atoms with Crippen LogP contribution in [0.3, 0.4) is 0 Å². The van der Waals surface area contributed by atoms with Crippen LogP contribution in [0.15, 0.2) is 24.3 Å². The summed E-state index contributed by atoms with van der Waals surface area (Å²) in [5.41, 5.74) is 4.52. The van der Waals surface area contributed by atoms with Gasteiger partial charge < -0.3 is 16.2 Å². The quantitative estimate of drug-likeness (QED) is 0.593. The molecule has 0 aliphatic carbocycles. The number of nitrogens with one attached hydrogen (secondary N) is 1. The summed E-state index contributed by atoms with van der Waals surface area (Å²) in [5.74, 6) is 0.200. The number of hydrogen-bond acceptors (Lipinski definition) is 2. The van der Waals surface area contributed by atoms with Crippen molar-refractivity contribution in [3.8, 4) is 5.75 Å². The number of phenols is 1. The molecule has 4 heteroatoms. The van der Waals surface area contributed by atoms with E-state index < -0.39 is 0 Å². The van der Waals surface area contributed by atoms with E-state index >= 15 is 0 Å². The molecule has 4 nitrogen and oxygen atoms in total. The third-order valence-electron chi connectivity index (χ3n) is 1.80. The monoisotopic (exact) mass is 195 g/mol. The van der Waals surface area contributed by atoms with Gasteiger partial charge in [0.2, 0.25) is 5.91 Å². The van der Waals surface area contributed by atoms with Crippen LogP contribution in [0.1, 0.15) is 5.56 Å². The number of benzene rings is 1. The maximum absolute atomic E-state index is 11.3. The van der Waals surface area contributed by atoms with Crippen molar-refractivity contribution < 1.29 is 15.6 Å². The second-order valence-electron chi connectivity index (χ2n) is 3.05. The van der Waals surface area contributed by atoms with Crippen LogP contribution < -0.4 is 11.1 Å². The summed E-state index contributed by atoms with van der Waals surface area (Å²) in [7, 11) is 0. The van der Waals surface area contributed by atoms with Crippen LogP contribution in [-0.4, -0.2) is 24.1 Å². The lowest BCUT2D eigenvalue weighted by Gasteiger charge is -2.02. The fraction of sp³-hybridized carbons (Fsp3) is 0.300. The van der Waals surface area contributed by atoms with Gasteiger partial charge in [-0.05, 0) is 17.7 Å². The number of quaternary nitrogens is 1. The molecule has 1 aromatic carbocycles. The van der Waals surface area contributed by atoms with E-state index in [1.807, 2.05) is 0 Å². The smallest absolute Gasteiger partial charge is 0.224 e. The Morgan fingerprint density at radius 2 is 2.00 bits per heavy atom. The van der Waals surface area contributed by atoms with Crippen LogP contribution in [0.5, 0.6) is 5.75 Å². The molecule has 0 saturated carbocycles. The number of phenolic OH excluding ortho intramolecular Hbond substituents is 1. The van der Waals surface area contributed by atoms with Gasteiger partial charge in [0.25, 0.3) is 0 Å². The van der Waals surface area contributed by atoms with Gasteiger partial charge in [0.15, 0.2) is 0 Å². The lowest BCUT2D eigenvalue weighted by molar-refractivity contribution is -0.364. The van der Waals surface area contributed by atoms with Crippen LogP contribution in [0, 0.1) is 0 Å². The number of aromatic hydroxyl groups is 1. The van der Waals surface area contributed by atoms with Crippen molar-refractivity contribution in [1.82, 2.24) is 5.32 Å². The highest BCUT2D eigenvalue weighted by Crippen LogP contribution is 2.09. The highest BCUT2D eigenvalue weighted by atomic mass is 16.3. The van der Waals surface area contributed by atoms with Crippen molar-refractivity contribution in [2.24, 2.45) is 0 Å². The minimum atomic E-state index is -0.0145. The van der Waals surface area contributed by atoms with E-state index in [0.29, 0.717) is 19.5 Å². The van der Waals surface area contributed by atoms with E-state index in [9.17, 15) is 4.79 Å². The van der Waals surface area contributed by atoms with Crippen LogP contribution >= 0.6 is 0 Å². The summed E-state index contributed by atoms with van der Waals surface area (Å²) in [6.07, 6.45) is 0.347. The lowest BCUT2D eigenvalue weighted by Crippen LogP contribution is -2.55. The van der Waals surface area contributed by atoms with Crippen LogP contribution in [0.2, 0.25) is 0 Å². The molecule has 0 unspecified atom stereocenters. The fourth-order valence-corrected chi connectivity index (χ4v) is 1.09. The Bertz CT molecular complexity index is 295. The molecule has 1 rings (SSSR count). The highest BCUT2D eigenvalue weighted by molar-refractivity contribution is 5.78. The minimum absolute atomic E-state index is 0.0145. The zero-order chi connectivity index (χ0) is 10.4. The predicted molar refractivity (Wildman–Crippen MR) is 52.6 cm³/mol. The van der Waals surface area contributed by atoms with Gasteiger partial charge in [-0.1, -0.05) is 12.1 Å². The van der Waals surface area contributed by atoms with Crippen LogP contribution in [0.4, 0.5) is 0 Å². The number of rotatable bonds is 4. The molecule has 1 amide bonds. The van der Waals surface area contributed by atoms with Gasteiger partial charge in [0.1, 0.15) is 5.75 Å². The molecule has 1 aromatic rings. The first-order valence-electron chi connectivity index (χ1n) is 4.56. The Morgan fingerprint density at radius 1 is 1.36 bits per heavy atom. The SMILES string of the molecule is [NH3+]CCNC(=O)Cc1ccc(O)cc1. The Hall–Kier alpha value is -1.55. The molecular formula is C10H15N2O2+. The minimum Gasteiger partial charge on any atom is -0.508 e. The topological polar surface area (TPSA) is 77.0 Å². The molecule has 5 N–H and O–H groups in total. The molecule has 76 valence electrons. The molecule has 0 spiro atoms. The summed E-state index contributed by atoms with van der Waals surface area (Å²) >= 11 is 0. The number of carbonyl (C=O) groups is 1. The van der Waals surface area contributed by atoms with Gasteiger partial charge in [-0.25, -0.2) is 0 Å². The maximum atomic E-state index is 11.3. The highest BCUT2D eigenvalue weighted by Gasteiger charge is 2.01. The summed E-state index contributed by atoms with van der Waals surface area (Å²) in [6.45, 7) is 1.30. The van der Waals surface area contributed by atoms with E-state index in [1.165, 1.54) is 0 Å². The summed E-state index contributed by atoms with van der Waals surface area (Å²) in [6, 6.07) is 6.62. The summed E-state index contributed by atoms with van der Waals surface area (Å²) in [4.78, 5) is 11.3. The normalized spacial score (nSPS) is 9.79. The van der Waals surface area contributed by atoms with Crippen LogP contribution in [-0.2, 0) is 11.2 Å². The summed E-state index contributed by atoms with van der Waals surface area (Å²) in [5, 5.41) is 11.8. The first kappa shape index (κ1) is 10.5. The first-order chi connectivity index (χ1) is 6.72. The zero-order valence-corrected chi connectivity index (χ0v) is 7.99. The average molecular weight is 195 g/mol. The van der Waals surface area contributed by atoms with Gasteiger partial charge in [-0.15, -0.1) is 0 Å². The first-order valence-corrected chi connectivity index (χ1v) is 4.56. The van der Waals surface area contributed by atoms with Crippen molar-refractivity contribution in [2.45, 2.75) is 6.42 Å². The Labute approximate surface area is 82.7 Å². The molecule has 0 atom stereocenters. The van der Waals surface area contributed by atoms with Gasteiger partial charge in [0, 0.05) is 0 Å². The lowest BCUT2D eigenvalue weighted by atomic mass is 10.1. The van der Waals surface area contributed by atoms with Gasteiger partial charge in [0.05, 0.1) is 19.5 Å². The van der Waals surface area contributed by atoms with E-state index in [4.69, 9.17) is 5.11 Å². The molecule has 0 aliphatic heterocycles. The van der Waals surface area contributed by atoms with Gasteiger partial charge >= 0.3 is 0 Å². The summed E-state index contributed by atoms with van der Waals surface area (Å²) < 4.78 is 0. The molecule has 0 fully saturated rings. The van der Waals surface area contributed by atoms with Crippen molar-refractivity contribution in [3.05, 3.63) is 29.8 Å². The predicted octanol–water partition coefficient (Wildman–Crippen LogP) is -0.707. The van der Waals surface area contributed by atoms with Crippen molar-refractivity contribution >= 4 is 5.91 Å². The fourth-order valence-electron chi connectivity index (χ4n) is 1.09. The van der Waals surface area contributed by atoms with E-state index in [2.05, 4.69) is 11.1 Å². The third-order valence-corrected chi connectivity index (χ3v) is 1.80. The van der Waals surface area contributed by atoms with E-state index in [1.54, 1.807) is 24.3 Å². The molecule has 0 aliphatic rings. The molecule has 0 saturated heterocycles. The number of hydrogen-bond donors (Lipinski definition) is 3. The Balaban J connectivity index is 2.44. The second kappa shape index (κ2) is 5.24. The number of carbonyl (C=O) groups excluding carboxylic acids is 1. The average Bonchev–Trinajstić information content (AvgIpc) is 2.18. The molecule has 0 radical (unpaired) electrons. The van der Waals surface area contributed by atoms with Crippen molar-refractivity contribution in [2.75, 3.05) is 13.1 Å². The Kier molecular flexibility index (Phi) is 3.94. The number of amides is 1. The molecule has 0 heterocycles. The maximum Gasteiger partial charge on any atom is 0.224 e. The second-order valence-corrected chi connectivity index (χ2v) is 3.05.